The number of nitrogens with zero attached hydrogens (tertiary/aromatic N) is 2. The minimum absolute atomic E-state index is 0.0131. The van der Waals surface area contributed by atoms with Gasteiger partial charge in [-0.1, -0.05) is 20.3 Å². The second kappa shape index (κ2) is 6.73. The van der Waals surface area contributed by atoms with Crippen LogP contribution >= 0.6 is 0 Å². The highest BCUT2D eigenvalue weighted by molar-refractivity contribution is 5.93. The van der Waals surface area contributed by atoms with E-state index < -0.39 is 17.9 Å². The first-order valence-electron chi connectivity index (χ1n) is 6.03. The highest BCUT2D eigenvalue weighted by atomic mass is 16.4. The first-order valence-corrected chi connectivity index (χ1v) is 6.03. The monoisotopic (exact) mass is 254 g/mol. The van der Waals surface area contributed by atoms with Crippen LogP contribution in [0.3, 0.4) is 0 Å². The van der Waals surface area contributed by atoms with E-state index >= 15 is 0 Å². The van der Waals surface area contributed by atoms with Gasteiger partial charge >= 0.3 is 5.97 Å². The van der Waals surface area contributed by atoms with Crippen molar-refractivity contribution < 1.29 is 14.7 Å². The Morgan fingerprint density at radius 2 is 2.11 bits per heavy atom. The summed E-state index contributed by atoms with van der Waals surface area (Å²) in [5.41, 5.74) is 0. The summed E-state index contributed by atoms with van der Waals surface area (Å²) >= 11 is 0. The summed E-state index contributed by atoms with van der Waals surface area (Å²) in [4.78, 5) is 26.6. The van der Waals surface area contributed by atoms with Gasteiger partial charge in [0.2, 0.25) is 5.82 Å². The van der Waals surface area contributed by atoms with Crippen LogP contribution in [0.2, 0.25) is 0 Å². The number of hydrogen-bond donors (Lipinski definition) is 3. The van der Waals surface area contributed by atoms with Crippen molar-refractivity contribution in [2.24, 2.45) is 0 Å². The molecule has 0 radical (unpaired) electrons. The molecule has 0 saturated heterocycles. The molecule has 0 aromatic carbocycles. The van der Waals surface area contributed by atoms with E-state index in [2.05, 4.69) is 20.5 Å². The zero-order chi connectivity index (χ0) is 13.5. The minimum Gasteiger partial charge on any atom is -0.480 e. The number of carboxylic acid groups (broad SMARTS) is 1. The molecule has 1 atom stereocenters. The van der Waals surface area contributed by atoms with Gasteiger partial charge in [0, 0.05) is 6.42 Å². The van der Waals surface area contributed by atoms with Gasteiger partial charge in [-0.25, -0.2) is 9.78 Å². The SMILES string of the molecule is CCCc1nc(C(=O)N[C@H](CCC)C(=O)O)n[nH]1. The molecule has 1 aromatic heterocycles. The molecule has 0 saturated carbocycles. The topological polar surface area (TPSA) is 108 Å². The van der Waals surface area contributed by atoms with Crippen molar-refractivity contribution in [3.05, 3.63) is 11.6 Å². The number of carbonyl (C=O) groups excluding carboxylic acids is 1. The molecule has 100 valence electrons. The number of amides is 1. The Morgan fingerprint density at radius 1 is 1.39 bits per heavy atom. The van der Waals surface area contributed by atoms with Gasteiger partial charge in [-0.3, -0.25) is 9.89 Å². The average molecular weight is 254 g/mol. The fourth-order valence-electron chi connectivity index (χ4n) is 1.51. The lowest BCUT2D eigenvalue weighted by atomic mass is 10.1. The molecule has 0 bridgehead atoms. The van der Waals surface area contributed by atoms with Gasteiger partial charge in [0.25, 0.3) is 5.91 Å². The zero-order valence-electron chi connectivity index (χ0n) is 10.6. The molecule has 1 amide bonds. The van der Waals surface area contributed by atoms with Crippen LogP contribution in [0.4, 0.5) is 0 Å². The van der Waals surface area contributed by atoms with Gasteiger partial charge in [-0.2, -0.15) is 0 Å². The predicted molar refractivity (Wildman–Crippen MR) is 64.2 cm³/mol. The third-order valence-electron chi connectivity index (χ3n) is 2.40. The molecule has 7 heteroatoms. The highest BCUT2D eigenvalue weighted by Gasteiger charge is 2.21. The lowest BCUT2D eigenvalue weighted by molar-refractivity contribution is -0.139. The van der Waals surface area contributed by atoms with Gasteiger partial charge in [-0.05, 0) is 12.8 Å². The van der Waals surface area contributed by atoms with E-state index in [-0.39, 0.29) is 5.82 Å². The first-order chi connectivity index (χ1) is 8.58. The summed E-state index contributed by atoms with van der Waals surface area (Å²) in [5, 5.41) is 17.8. The van der Waals surface area contributed by atoms with Crippen LogP contribution < -0.4 is 5.32 Å². The summed E-state index contributed by atoms with van der Waals surface area (Å²) in [5.74, 6) is -0.991. The van der Waals surface area contributed by atoms with E-state index in [1.807, 2.05) is 13.8 Å². The molecule has 0 fully saturated rings. The average Bonchev–Trinajstić information content (AvgIpc) is 2.77. The Hall–Kier alpha value is -1.92. The fraction of sp³-hybridized carbons (Fsp3) is 0.636. The van der Waals surface area contributed by atoms with Crippen molar-refractivity contribution in [2.75, 3.05) is 0 Å². The summed E-state index contributed by atoms with van der Waals surface area (Å²) in [6, 6.07) is -0.893. The second-order valence-corrected chi connectivity index (χ2v) is 4.01. The van der Waals surface area contributed by atoms with Gasteiger partial charge < -0.3 is 10.4 Å². The third-order valence-corrected chi connectivity index (χ3v) is 2.40. The maximum atomic E-state index is 11.7. The van der Waals surface area contributed by atoms with Crippen LogP contribution in [0.25, 0.3) is 0 Å². The summed E-state index contributed by atoms with van der Waals surface area (Å²) in [6.45, 7) is 3.85. The smallest absolute Gasteiger partial charge is 0.326 e. The summed E-state index contributed by atoms with van der Waals surface area (Å²) in [6.07, 6.45) is 2.65. The largest absolute Gasteiger partial charge is 0.480 e. The van der Waals surface area contributed by atoms with Crippen LogP contribution in [-0.4, -0.2) is 38.2 Å². The third kappa shape index (κ3) is 3.83. The van der Waals surface area contributed by atoms with E-state index in [0.29, 0.717) is 25.1 Å². The van der Waals surface area contributed by atoms with Gasteiger partial charge in [0.15, 0.2) is 0 Å². The van der Waals surface area contributed by atoms with Crippen molar-refractivity contribution in [2.45, 2.75) is 45.6 Å². The number of carboxylic acids is 1. The van der Waals surface area contributed by atoms with Gasteiger partial charge in [0.1, 0.15) is 11.9 Å². The Labute approximate surface area is 105 Å². The molecule has 0 aliphatic heterocycles. The lowest BCUT2D eigenvalue weighted by Gasteiger charge is -2.11. The predicted octanol–water partition coefficient (Wildman–Crippen LogP) is 0.740. The maximum Gasteiger partial charge on any atom is 0.326 e. The van der Waals surface area contributed by atoms with Crippen molar-refractivity contribution >= 4 is 11.9 Å². The van der Waals surface area contributed by atoms with Crippen LogP contribution in [0.15, 0.2) is 0 Å². The molecule has 1 heterocycles. The Morgan fingerprint density at radius 3 is 2.67 bits per heavy atom. The Kier molecular flexibility index (Phi) is 5.29. The van der Waals surface area contributed by atoms with Gasteiger partial charge in [-0.15, -0.1) is 5.10 Å². The first kappa shape index (κ1) is 14.1. The number of aliphatic carboxylic acids is 1. The number of H-pyrrole nitrogens is 1. The summed E-state index contributed by atoms with van der Waals surface area (Å²) in [7, 11) is 0. The number of rotatable bonds is 7. The highest BCUT2D eigenvalue weighted by Crippen LogP contribution is 2.00. The number of aromatic amines is 1. The number of nitrogens with one attached hydrogen (secondary N) is 2. The molecule has 1 aromatic rings. The van der Waals surface area contributed by atoms with Gasteiger partial charge in [0.05, 0.1) is 0 Å². The second-order valence-electron chi connectivity index (χ2n) is 4.01. The van der Waals surface area contributed by atoms with Crippen molar-refractivity contribution in [3.8, 4) is 0 Å². The molecule has 7 nitrogen and oxygen atoms in total. The van der Waals surface area contributed by atoms with E-state index in [4.69, 9.17) is 5.11 Å². The molecule has 0 aliphatic carbocycles. The van der Waals surface area contributed by atoms with E-state index in [0.717, 1.165) is 6.42 Å². The Bertz CT molecular complexity index is 416. The van der Waals surface area contributed by atoms with E-state index in [1.165, 1.54) is 0 Å². The van der Waals surface area contributed by atoms with Crippen LogP contribution in [-0.2, 0) is 11.2 Å². The van der Waals surface area contributed by atoms with Crippen LogP contribution in [0.1, 0.15) is 49.6 Å². The van der Waals surface area contributed by atoms with E-state index in [1.54, 1.807) is 0 Å². The molecule has 1 rings (SSSR count). The van der Waals surface area contributed by atoms with Crippen molar-refractivity contribution in [1.29, 1.82) is 0 Å². The number of aromatic nitrogens is 3. The quantitative estimate of drug-likeness (QED) is 0.665. The molecule has 3 N–H and O–H groups in total. The van der Waals surface area contributed by atoms with Crippen molar-refractivity contribution in [1.82, 2.24) is 20.5 Å². The minimum atomic E-state index is -1.05. The van der Waals surface area contributed by atoms with E-state index in [9.17, 15) is 9.59 Å². The number of hydrogen-bond acceptors (Lipinski definition) is 4. The fourth-order valence-corrected chi connectivity index (χ4v) is 1.51. The lowest BCUT2D eigenvalue weighted by Crippen LogP contribution is -2.41. The van der Waals surface area contributed by atoms with Crippen LogP contribution in [0, 0.1) is 0 Å². The molecular weight excluding hydrogens is 236 g/mol. The molecule has 0 unspecified atom stereocenters. The zero-order valence-corrected chi connectivity index (χ0v) is 10.6. The normalized spacial score (nSPS) is 12.1. The number of carbonyl (C=O) groups is 2. The molecule has 0 aliphatic rings. The summed E-state index contributed by atoms with van der Waals surface area (Å²) < 4.78 is 0. The molecular formula is C11H18N4O3. The maximum absolute atomic E-state index is 11.7. The van der Waals surface area contributed by atoms with Crippen molar-refractivity contribution in [3.63, 3.8) is 0 Å². The number of aryl methyl sites for hydroxylation is 1. The standard InChI is InChI=1S/C11H18N4O3/c1-3-5-7(11(17)18)12-10(16)9-13-8(6-4-2)14-15-9/h7H,3-6H2,1-2H3,(H,12,16)(H,17,18)(H,13,14,15)/t7-/m1/s1. The molecule has 18 heavy (non-hydrogen) atoms. The molecule has 0 spiro atoms. The Balaban J connectivity index is 2.64. The van der Waals surface area contributed by atoms with Crippen LogP contribution in [0.5, 0.6) is 0 Å².